The van der Waals surface area contributed by atoms with Crippen LogP contribution in [0.1, 0.15) is 45.6 Å². The predicted octanol–water partition coefficient (Wildman–Crippen LogP) is 2.73. The molecule has 21 heavy (non-hydrogen) atoms. The molecule has 0 aliphatic rings. The molecule has 0 saturated heterocycles. The Morgan fingerprint density at radius 3 is 2.33 bits per heavy atom. The fourth-order valence-electron chi connectivity index (χ4n) is 2.27. The molecular weight excluding hydrogens is 264 g/mol. The third-order valence-electron chi connectivity index (χ3n) is 3.43. The second-order valence-electron chi connectivity index (χ2n) is 5.08. The fraction of sp³-hybridized carbons (Fsp3) is 0.529. The molecule has 0 fully saturated rings. The highest BCUT2D eigenvalue weighted by Gasteiger charge is 2.27. The minimum Gasteiger partial charge on any atom is -0.354 e. The van der Waals surface area contributed by atoms with E-state index in [4.69, 9.17) is 0 Å². The van der Waals surface area contributed by atoms with Gasteiger partial charge in [0.05, 0.1) is 0 Å². The van der Waals surface area contributed by atoms with Crippen LogP contribution >= 0.6 is 0 Å². The number of hydrogen-bond acceptors (Lipinski definition) is 2. The molecule has 0 heterocycles. The minimum atomic E-state index is -0.399. The van der Waals surface area contributed by atoms with Crippen molar-refractivity contribution in [2.24, 2.45) is 0 Å². The summed E-state index contributed by atoms with van der Waals surface area (Å²) >= 11 is 0. The Morgan fingerprint density at radius 2 is 1.81 bits per heavy atom. The molecule has 1 rings (SSSR count). The lowest BCUT2D eigenvalue weighted by atomic mass is 10.1. The van der Waals surface area contributed by atoms with Crippen molar-refractivity contribution in [3.8, 4) is 0 Å². The van der Waals surface area contributed by atoms with Crippen LogP contribution in [0.25, 0.3) is 0 Å². The lowest BCUT2D eigenvalue weighted by Gasteiger charge is -2.30. The number of amides is 2. The largest absolute Gasteiger partial charge is 0.354 e. The molecule has 0 spiro atoms. The molecule has 4 nitrogen and oxygen atoms in total. The van der Waals surface area contributed by atoms with Gasteiger partial charge in [0, 0.05) is 19.5 Å². The predicted molar refractivity (Wildman–Crippen MR) is 84.7 cm³/mol. The molecule has 0 radical (unpaired) electrons. The molecule has 1 aromatic carbocycles. The van der Waals surface area contributed by atoms with E-state index in [0.29, 0.717) is 25.9 Å². The molecule has 0 aliphatic carbocycles. The Bertz CT molecular complexity index is 445. The quantitative estimate of drug-likeness (QED) is 0.800. The average molecular weight is 290 g/mol. The van der Waals surface area contributed by atoms with E-state index in [-0.39, 0.29) is 11.8 Å². The molecule has 0 bridgehead atoms. The van der Waals surface area contributed by atoms with E-state index < -0.39 is 6.04 Å². The van der Waals surface area contributed by atoms with Crippen molar-refractivity contribution < 1.29 is 9.59 Å². The van der Waals surface area contributed by atoms with Gasteiger partial charge in [0.2, 0.25) is 11.8 Å². The first-order valence-electron chi connectivity index (χ1n) is 7.75. The smallest absolute Gasteiger partial charge is 0.242 e. The van der Waals surface area contributed by atoms with Crippen LogP contribution in [-0.2, 0) is 16.1 Å². The van der Waals surface area contributed by atoms with Gasteiger partial charge in [-0.25, -0.2) is 0 Å². The topological polar surface area (TPSA) is 49.4 Å². The molecule has 1 aromatic rings. The zero-order chi connectivity index (χ0) is 15.7. The van der Waals surface area contributed by atoms with Crippen LogP contribution in [0, 0.1) is 0 Å². The van der Waals surface area contributed by atoms with Crippen molar-refractivity contribution in [2.45, 2.75) is 52.6 Å². The number of rotatable bonds is 8. The van der Waals surface area contributed by atoms with Crippen LogP contribution in [0.15, 0.2) is 30.3 Å². The van der Waals surface area contributed by atoms with Crippen molar-refractivity contribution >= 4 is 11.8 Å². The molecule has 4 heteroatoms. The minimum absolute atomic E-state index is 0.0114. The molecule has 116 valence electrons. The Hall–Kier alpha value is -1.84. The van der Waals surface area contributed by atoms with Gasteiger partial charge in [0.25, 0.3) is 0 Å². The molecule has 2 amide bonds. The van der Waals surface area contributed by atoms with Gasteiger partial charge in [-0.1, -0.05) is 51.1 Å². The van der Waals surface area contributed by atoms with Crippen LogP contribution in [-0.4, -0.2) is 29.3 Å². The first kappa shape index (κ1) is 17.2. The van der Waals surface area contributed by atoms with Gasteiger partial charge in [-0.15, -0.1) is 0 Å². The first-order chi connectivity index (χ1) is 10.1. The van der Waals surface area contributed by atoms with Crippen molar-refractivity contribution in [2.75, 3.05) is 6.54 Å². The summed E-state index contributed by atoms with van der Waals surface area (Å²) in [5.74, 6) is -0.0468. The maximum atomic E-state index is 12.3. The zero-order valence-corrected chi connectivity index (χ0v) is 13.3. The number of carbonyl (C=O) groups is 2. The van der Waals surface area contributed by atoms with Crippen molar-refractivity contribution in [3.05, 3.63) is 35.9 Å². The standard InChI is InChI=1S/C17H26N2O2/c1-4-12-18-17(21)15(5-2)19(16(20)6-3)13-14-10-8-7-9-11-14/h7-11,15H,4-6,12-13H2,1-3H3,(H,18,21)/t15-/m0/s1. The monoisotopic (exact) mass is 290 g/mol. The molecule has 0 unspecified atom stereocenters. The summed E-state index contributed by atoms with van der Waals surface area (Å²) in [6.45, 7) is 6.91. The summed E-state index contributed by atoms with van der Waals surface area (Å²) in [5, 5.41) is 2.90. The molecule has 0 saturated carbocycles. The Balaban J connectivity index is 2.88. The maximum Gasteiger partial charge on any atom is 0.242 e. The Morgan fingerprint density at radius 1 is 1.14 bits per heavy atom. The number of nitrogens with zero attached hydrogens (tertiary/aromatic N) is 1. The lowest BCUT2D eigenvalue weighted by molar-refractivity contribution is -0.141. The van der Waals surface area contributed by atoms with Crippen molar-refractivity contribution in [1.29, 1.82) is 0 Å². The Kier molecular flexibility index (Phi) is 7.51. The van der Waals surface area contributed by atoms with Gasteiger partial charge in [0.15, 0.2) is 0 Å². The van der Waals surface area contributed by atoms with E-state index in [1.165, 1.54) is 0 Å². The highest BCUT2D eigenvalue weighted by atomic mass is 16.2. The van der Waals surface area contributed by atoms with E-state index in [1.54, 1.807) is 4.90 Å². The zero-order valence-electron chi connectivity index (χ0n) is 13.3. The van der Waals surface area contributed by atoms with Crippen LogP contribution < -0.4 is 5.32 Å². The average Bonchev–Trinajstić information content (AvgIpc) is 2.52. The highest BCUT2D eigenvalue weighted by Crippen LogP contribution is 2.13. The van der Waals surface area contributed by atoms with Crippen LogP contribution in [0.5, 0.6) is 0 Å². The van der Waals surface area contributed by atoms with Crippen molar-refractivity contribution in [3.63, 3.8) is 0 Å². The second kappa shape index (κ2) is 9.16. The van der Waals surface area contributed by atoms with E-state index in [2.05, 4.69) is 5.32 Å². The maximum absolute atomic E-state index is 12.3. The van der Waals surface area contributed by atoms with Crippen LogP contribution in [0.3, 0.4) is 0 Å². The van der Waals surface area contributed by atoms with Gasteiger partial charge < -0.3 is 10.2 Å². The van der Waals surface area contributed by atoms with Gasteiger partial charge in [0.1, 0.15) is 6.04 Å². The number of hydrogen-bond donors (Lipinski definition) is 1. The van der Waals surface area contributed by atoms with Gasteiger partial charge >= 0.3 is 0 Å². The number of carbonyl (C=O) groups excluding carboxylic acids is 2. The lowest BCUT2D eigenvalue weighted by Crippen LogP contribution is -2.49. The van der Waals surface area contributed by atoms with E-state index in [9.17, 15) is 9.59 Å². The third kappa shape index (κ3) is 5.21. The molecule has 1 atom stereocenters. The summed E-state index contributed by atoms with van der Waals surface area (Å²) in [6.07, 6.45) is 1.92. The first-order valence-corrected chi connectivity index (χ1v) is 7.75. The SMILES string of the molecule is CCCNC(=O)[C@H](CC)N(Cc1ccccc1)C(=O)CC. The molecular formula is C17H26N2O2. The summed E-state index contributed by atoms with van der Waals surface area (Å²) < 4.78 is 0. The second-order valence-corrected chi connectivity index (χ2v) is 5.08. The summed E-state index contributed by atoms with van der Waals surface area (Å²) in [5.41, 5.74) is 1.04. The van der Waals surface area contributed by atoms with Crippen LogP contribution in [0.4, 0.5) is 0 Å². The summed E-state index contributed by atoms with van der Waals surface area (Å²) in [7, 11) is 0. The number of benzene rings is 1. The summed E-state index contributed by atoms with van der Waals surface area (Å²) in [4.78, 5) is 26.2. The van der Waals surface area contributed by atoms with Crippen LogP contribution in [0.2, 0.25) is 0 Å². The van der Waals surface area contributed by atoms with E-state index in [1.807, 2.05) is 51.1 Å². The Labute approximate surface area is 127 Å². The summed E-state index contributed by atoms with van der Waals surface area (Å²) in [6, 6.07) is 9.40. The molecule has 0 aromatic heterocycles. The molecule has 0 aliphatic heterocycles. The third-order valence-corrected chi connectivity index (χ3v) is 3.43. The van der Waals surface area contributed by atoms with Gasteiger partial charge in [-0.2, -0.15) is 0 Å². The molecule has 1 N–H and O–H groups in total. The normalized spacial score (nSPS) is 11.8. The van der Waals surface area contributed by atoms with Gasteiger partial charge in [-0.05, 0) is 18.4 Å². The van der Waals surface area contributed by atoms with E-state index in [0.717, 1.165) is 12.0 Å². The van der Waals surface area contributed by atoms with E-state index >= 15 is 0 Å². The fourth-order valence-corrected chi connectivity index (χ4v) is 2.27. The van der Waals surface area contributed by atoms with Gasteiger partial charge in [-0.3, -0.25) is 9.59 Å². The van der Waals surface area contributed by atoms with Crippen molar-refractivity contribution in [1.82, 2.24) is 10.2 Å². The number of nitrogens with one attached hydrogen (secondary N) is 1. The highest BCUT2D eigenvalue weighted by molar-refractivity contribution is 5.87.